The summed E-state index contributed by atoms with van der Waals surface area (Å²) in [5, 5.41) is 12.6. The summed E-state index contributed by atoms with van der Waals surface area (Å²) in [7, 11) is -3.84. The van der Waals surface area contributed by atoms with E-state index < -0.39 is 16.0 Å². The number of hydrogen-bond donors (Lipinski definition) is 3. The fourth-order valence-electron chi connectivity index (χ4n) is 3.52. The van der Waals surface area contributed by atoms with Gasteiger partial charge in [0.2, 0.25) is 10.0 Å². The molecule has 0 bridgehead atoms. The maximum Gasteiger partial charge on any atom is 0.335 e. The van der Waals surface area contributed by atoms with Crippen LogP contribution in [0.5, 0.6) is 0 Å². The van der Waals surface area contributed by atoms with Crippen molar-refractivity contribution in [2.24, 2.45) is 0 Å². The Hall–Kier alpha value is -2.38. The number of anilines is 1. The van der Waals surface area contributed by atoms with Crippen molar-refractivity contribution in [1.29, 1.82) is 0 Å². The summed E-state index contributed by atoms with van der Waals surface area (Å²) in [6.45, 7) is 0.243. The van der Waals surface area contributed by atoms with Gasteiger partial charge in [-0.25, -0.2) is 17.9 Å². The van der Waals surface area contributed by atoms with Gasteiger partial charge in [0.05, 0.1) is 11.3 Å². The fourth-order valence-corrected chi connectivity index (χ4v) is 4.74. The van der Waals surface area contributed by atoms with E-state index in [1.807, 2.05) is 30.3 Å². The van der Waals surface area contributed by atoms with E-state index in [-0.39, 0.29) is 23.0 Å². The largest absolute Gasteiger partial charge is 0.478 e. The van der Waals surface area contributed by atoms with Crippen LogP contribution in [0.3, 0.4) is 0 Å². The smallest absolute Gasteiger partial charge is 0.335 e. The second-order valence-electron chi connectivity index (χ2n) is 7.13. The van der Waals surface area contributed by atoms with Crippen LogP contribution in [0, 0.1) is 0 Å². The quantitative estimate of drug-likeness (QED) is 0.626. The summed E-state index contributed by atoms with van der Waals surface area (Å²) in [6, 6.07) is 14.1. The Kier molecular flexibility index (Phi) is 6.70. The van der Waals surface area contributed by atoms with E-state index >= 15 is 0 Å². The SMILES string of the molecule is O=C(O)c1ccc(NC2CCCCC2)c(S(=O)(=O)NCCc2ccccc2)c1. The predicted octanol–water partition coefficient (Wildman–Crippen LogP) is 3.65. The van der Waals surface area contributed by atoms with E-state index in [0.29, 0.717) is 12.1 Å². The Morgan fingerprint density at radius 2 is 1.75 bits per heavy atom. The van der Waals surface area contributed by atoms with Gasteiger partial charge in [-0.05, 0) is 43.0 Å². The average molecular weight is 403 g/mol. The van der Waals surface area contributed by atoms with Gasteiger partial charge in [0, 0.05) is 12.6 Å². The van der Waals surface area contributed by atoms with Crippen molar-refractivity contribution in [1.82, 2.24) is 4.72 Å². The molecule has 0 spiro atoms. The Morgan fingerprint density at radius 1 is 1.04 bits per heavy atom. The number of carbonyl (C=O) groups is 1. The molecule has 0 saturated heterocycles. The topological polar surface area (TPSA) is 95.5 Å². The van der Waals surface area contributed by atoms with Crippen LogP contribution in [-0.4, -0.2) is 32.1 Å². The molecule has 1 aliphatic rings. The molecule has 3 N–H and O–H groups in total. The van der Waals surface area contributed by atoms with Gasteiger partial charge >= 0.3 is 5.97 Å². The molecule has 2 aromatic carbocycles. The number of carboxylic acid groups (broad SMARTS) is 1. The minimum atomic E-state index is -3.84. The first kappa shape index (κ1) is 20.4. The molecule has 2 aromatic rings. The van der Waals surface area contributed by atoms with Crippen LogP contribution < -0.4 is 10.0 Å². The molecule has 0 aliphatic heterocycles. The van der Waals surface area contributed by atoms with Crippen LogP contribution in [0.15, 0.2) is 53.4 Å². The molecular weight excluding hydrogens is 376 g/mol. The van der Waals surface area contributed by atoms with Crippen LogP contribution in [-0.2, 0) is 16.4 Å². The highest BCUT2D eigenvalue weighted by Crippen LogP contribution is 2.27. The molecule has 0 amide bonds. The van der Waals surface area contributed by atoms with Crippen molar-refractivity contribution in [3.8, 4) is 0 Å². The lowest BCUT2D eigenvalue weighted by atomic mass is 9.95. The first-order chi connectivity index (χ1) is 13.5. The van der Waals surface area contributed by atoms with Crippen LogP contribution in [0.25, 0.3) is 0 Å². The van der Waals surface area contributed by atoms with Crippen LogP contribution >= 0.6 is 0 Å². The van der Waals surface area contributed by atoms with Gasteiger partial charge in [0.15, 0.2) is 0 Å². The summed E-state index contributed by atoms with van der Waals surface area (Å²) < 4.78 is 28.4. The molecule has 6 nitrogen and oxygen atoms in total. The van der Waals surface area contributed by atoms with E-state index in [0.717, 1.165) is 31.2 Å². The van der Waals surface area contributed by atoms with Crippen molar-refractivity contribution < 1.29 is 18.3 Å². The summed E-state index contributed by atoms with van der Waals surface area (Å²) in [5.74, 6) is -1.15. The van der Waals surface area contributed by atoms with E-state index in [1.165, 1.54) is 18.6 Å². The molecule has 28 heavy (non-hydrogen) atoms. The Morgan fingerprint density at radius 3 is 2.43 bits per heavy atom. The molecule has 0 unspecified atom stereocenters. The summed E-state index contributed by atoms with van der Waals surface area (Å²) in [5.41, 5.74) is 1.45. The maximum absolute atomic E-state index is 12.9. The number of benzene rings is 2. The number of hydrogen-bond acceptors (Lipinski definition) is 4. The fraction of sp³-hybridized carbons (Fsp3) is 0.381. The van der Waals surface area contributed by atoms with Gasteiger partial charge in [-0.1, -0.05) is 49.6 Å². The van der Waals surface area contributed by atoms with E-state index in [4.69, 9.17) is 0 Å². The normalized spacial score (nSPS) is 15.3. The second-order valence-corrected chi connectivity index (χ2v) is 8.86. The van der Waals surface area contributed by atoms with Gasteiger partial charge in [0.25, 0.3) is 0 Å². The summed E-state index contributed by atoms with van der Waals surface area (Å²) in [6.07, 6.45) is 5.96. The van der Waals surface area contributed by atoms with Gasteiger partial charge < -0.3 is 10.4 Å². The molecule has 1 aliphatic carbocycles. The minimum Gasteiger partial charge on any atom is -0.478 e. The molecule has 1 fully saturated rings. The van der Waals surface area contributed by atoms with E-state index in [9.17, 15) is 18.3 Å². The van der Waals surface area contributed by atoms with Crippen molar-refractivity contribution in [2.45, 2.75) is 49.5 Å². The summed E-state index contributed by atoms with van der Waals surface area (Å²) in [4.78, 5) is 11.3. The first-order valence-corrected chi connectivity index (χ1v) is 11.1. The first-order valence-electron chi connectivity index (χ1n) is 9.63. The van der Waals surface area contributed by atoms with Crippen LogP contribution in [0.4, 0.5) is 5.69 Å². The lowest BCUT2D eigenvalue weighted by molar-refractivity contribution is 0.0696. The van der Waals surface area contributed by atoms with Crippen LogP contribution in [0.1, 0.15) is 48.0 Å². The molecule has 0 atom stereocenters. The Balaban J connectivity index is 1.79. The zero-order valence-electron chi connectivity index (χ0n) is 15.7. The lowest BCUT2D eigenvalue weighted by Gasteiger charge is -2.25. The van der Waals surface area contributed by atoms with Crippen LogP contribution in [0.2, 0.25) is 0 Å². The zero-order chi connectivity index (χ0) is 20.0. The van der Waals surface area contributed by atoms with Crippen molar-refractivity contribution >= 4 is 21.7 Å². The number of nitrogens with one attached hydrogen (secondary N) is 2. The summed E-state index contributed by atoms with van der Waals surface area (Å²) >= 11 is 0. The standard InChI is InChI=1S/C21H26N2O4S/c24-21(25)17-11-12-19(23-18-9-5-2-6-10-18)20(15-17)28(26,27)22-14-13-16-7-3-1-4-8-16/h1,3-4,7-8,11-12,15,18,22-23H,2,5-6,9-10,13-14H2,(H,24,25). The monoisotopic (exact) mass is 402 g/mol. The maximum atomic E-state index is 12.9. The van der Waals surface area contributed by atoms with Crippen molar-refractivity contribution in [2.75, 3.05) is 11.9 Å². The Bertz CT molecular complexity index is 907. The second kappa shape index (κ2) is 9.21. The molecule has 3 rings (SSSR count). The Labute approximate surface area is 166 Å². The number of carboxylic acids is 1. The number of aromatic carboxylic acids is 1. The van der Waals surface area contributed by atoms with Crippen molar-refractivity contribution in [3.63, 3.8) is 0 Å². The molecule has 150 valence electrons. The van der Waals surface area contributed by atoms with Gasteiger partial charge in [-0.3, -0.25) is 0 Å². The molecule has 7 heteroatoms. The zero-order valence-corrected chi connectivity index (χ0v) is 16.5. The molecule has 0 radical (unpaired) electrons. The van der Waals surface area contributed by atoms with Gasteiger partial charge in [-0.2, -0.15) is 0 Å². The minimum absolute atomic E-state index is 0.00830. The van der Waals surface area contributed by atoms with Gasteiger partial charge in [0.1, 0.15) is 4.90 Å². The molecular formula is C21H26N2O4S. The molecule has 0 aromatic heterocycles. The van der Waals surface area contributed by atoms with E-state index in [1.54, 1.807) is 6.07 Å². The third kappa shape index (κ3) is 5.33. The molecule has 0 heterocycles. The highest BCUT2D eigenvalue weighted by molar-refractivity contribution is 7.89. The third-order valence-electron chi connectivity index (χ3n) is 5.03. The highest BCUT2D eigenvalue weighted by Gasteiger charge is 2.23. The molecule has 1 saturated carbocycles. The van der Waals surface area contributed by atoms with E-state index in [2.05, 4.69) is 10.0 Å². The third-order valence-corrected chi connectivity index (χ3v) is 6.53. The number of rotatable bonds is 8. The number of sulfonamides is 1. The highest BCUT2D eigenvalue weighted by atomic mass is 32.2. The van der Waals surface area contributed by atoms with Crippen molar-refractivity contribution in [3.05, 3.63) is 59.7 Å². The average Bonchev–Trinajstić information content (AvgIpc) is 2.69. The predicted molar refractivity (Wildman–Crippen MR) is 109 cm³/mol. The van der Waals surface area contributed by atoms with Gasteiger partial charge in [-0.15, -0.1) is 0 Å². The lowest BCUT2D eigenvalue weighted by Crippen LogP contribution is -2.29.